The summed E-state index contributed by atoms with van der Waals surface area (Å²) in [6.07, 6.45) is -0.222. The van der Waals surface area contributed by atoms with Crippen LogP contribution in [0.15, 0.2) is 10.9 Å². The van der Waals surface area contributed by atoms with Crippen LogP contribution in [-0.4, -0.2) is 47.0 Å². The third-order valence-corrected chi connectivity index (χ3v) is 3.30. The smallest absolute Gasteiger partial charge is 0.252 e. The van der Waals surface area contributed by atoms with Crippen LogP contribution in [-0.2, 0) is 4.74 Å². The molecule has 0 spiro atoms. The predicted octanol–water partition coefficient (Wildman–Crippen LogP) is 0.479. The number of rotatable bonds is 3. The number of hydrogen-bond donors (Lipinski definition) is 2. The Labute approximate surface area is 112 Å². The summed E-state index contributed by atoms with van der Waals surface area (Å²) in [5.41, 5.74) is -0.145. The summed E-state index contributed by atoms with van der Waals surface area (Å²) in [6, 6.07) is 1.64. The normalized spacial score (nSPS) is 23.9. The lowest BCUT2D eigenvalue weighted by atomic mass is 10.2. The largest absolute Gasteiger partial charge is 0.394 e. The van der Waals surface area contributed by atoms with E-state index in [1.807, 2.05) is 25.7 Å². The summed E-state index contributed by atoms with van der Waals surface area (Å²) in [7, 11) is 0. The monoisotopic (exact) mass is 267 g/mol. The molecule has 106 valence electrons. The van der Waals surface area contributed by atoms with Crippen LogP contribution in [0.25, 0.3) is 0 Å². The standard InChI is InChI=1S/C13H21N3O3/c1-8(2)13-14-11(4-12(18)15-13)16-5-10(6-17)19-7-9(16)3/h4,8-10,17H,5-7H2,1-3H3,(H,14,15,18). The molecule has 2 atom stereocenters. The number of aliphatic hydroxyl groups excluding tert-OH is 1. The van der Waals surface area contributed by atoms with Crippen molar-refractivity contribution in [2.45, 2.75) is 38.8 Å². The third kappa shape index (κ3) is 3.13. The van der Waals surface area contributed by atoms with Gasteiger partial charge < -0.3 is 19.7 Å². The Hall–Kier alpha value is -1.40. The van der Waals surface area contributed by atoms with Gasteiger partial charge in [0.05, 0.1) is 25.4 Å². The first-order valence-electron chi connectivity index (χ1n) is 6.61. The van der Waals surface area contributed by atoms with E-state index in [4.69, 9.17) is 4.74 Å². The highest BCUT2D eigenvalue weighted by molar-refractivity contribution is 5.40. The van der Waals surface area contributed by atoms with Crippen molar-refractivity contribution in [3.63, 3.8) is 0 Å². The minimum atomic E-state index is -0.222. The Morgan fingerprint density at radius 3 is 3.00 bits per heavy atom. The van der Waals surface area contributed by atoms with Gasteiger partial charge in [0.1, 0.15) is 11.6 Å². The minimum Gasteiger partial charge on any atom is -0.394 e. The lowest BCUT2D eigenvalue weighted by Crippen LogP contribution is -2.50. The topological polar surface area (TPSA) is 78.5 Å². The van der Waals surface area contributed by atoms with Crippen LogP contribution in [0, 0.1) is 0 Å². The quantitative estimate of drug-likeness (QED) is 0.833. The predicted molar refractivity (Wildman–Crippen MR) is 72.6 cm³/mol. The van der Waals surface area contributed by atoms with Gasteiger partial charge in [-0.3, -0.25) is 4.79 Å². The van der Waals surface area contributed by atoms with E-state index in [0.717, 1.165) is 0 Å². The average Bonchev–Trinajstić information content (AvgIpc) is 2.38. The van der Waals surface area contributed by atoms with E-state index in [0.29, 0.717) is 24.8 Å². The van der Waals surface area contributed by atoms with Gasteiger partial charge in [-0.1, -0.05) is 13.8 Å². The number of aromatic nitrogens is 2. The first kappa shape index (κ1) is 14.0. The Morgan fingerprint density at radius 2 is 2.37 bits per heavy atom. The summed E-state index contributed by atoms with van der Waals surface area (Å²) in [4.78, 5) is 21.0. The van der Waals surface area contributed by atoms with Crippen LogP contribution in [0.5, 0.6) is 0 Å². The number of nitrogens with zero attached hydrogens (tertiary/aromatic N) is 2. The number of morpholine rings is 1. The van der Waals surface area contributed by atoms with Gasteiger partial charge in [0.15, 0.2) is 0 Å². The first-order valence-corrected chi connectivity index (χ1v) is 6.61. The van der Waals surface area contributed by atoms with E-state index in [1.165, 1.54) is 6.07 Å². The molecule has 1 fully saturated rings. The summed E-state index contributed by atoms with van der Waals surface area (Å²) < 4.78 is 5.49. The second kappa shape index (κ2) is 5.71. The highest BCUT2D eigenvalue weighted by Crippen LogP contribution is 2.20. The van der Waals surface area contributed by atoms with E-state index in [2.05, 4.69) is 9.97 Å². The van der Waals surface area contributed by atoms with Crippen LogP contribution in [0.2, 0.25) is 0 Å². The van der Waals surface area contributed by atoms with Crippen LogP contribution in [0.4, 0.5) is 5.82 Å². The van der Waals surface area contributed by atoms with Crippen molar-refractivity contribution in [2.75, 3.05) is 24.7 Å². The van der Waals surface area contributed by atoms with Crippen molar-refractivity contribution < 1.29 is 9.84 Å². The molecule has 0 aliphatic carbocycles. The molecule has 1 aromatic rings. The highest BCUT2D eigenvalue weighted by atomic mass is 16.5. The number of nitrogens with one attached hydrogen (secondary N) is 1. The van der Waals surface area contributed by atoms with Crippen molar-refractivity contribution in [1.29, 1.82) is 0 Å². The van der Waals surface area contributed by atoms with Crippen LogP contribution in [0.1, 0.15) is 32.5 Å². The number of aromatic amines is 1. The van der Waals surface area contributed by atoms with Crippen molar-refractivity contribution in [3.05, 3.63) is 22.2 Å². The SMILES string of the molecule is CC(C)c1nc(N2CC(CO)OCC2C)cc(=O)[nH]1. The highest BCUT2D eigenvalue weighted by Gasteiger charge is 2.27. The molecule has 0 saturated carbocycles. The van der Waals surface area contributed by atoms with Crippen molar-refractivity contribution >= 4 is 5.82 Å². The minimum absolute atomic E-state index is 0.0244. The molecule has 2 heterocycles. The van der Waals surface area contributed by atoms with E-state index in [9.17, 15) is 9.90 Å². The molecule has 6 heteroatoms. The molecule has 0 aromatic carbocycles. The molecular formula is C13H21N3O3. The number of aliphatic hydroxyl groups is 1. The van der Waals surface area contributed by atoms with E-state index in [-0.39, 0.29) is 30.2 Å². The second-order valence-corrected chi connectivity index (χ2v) is 5.28. The molecule has 0 radical (unpaired) electrons. The van der Waals surface area contributed by atoms with Gasteiger partial charge in [-0.05, 0) is 6.92 Å². The Kier molecular flexibility index (Phi) is 4.21. The van der Waals surface area contributed by atoms with Gasteiger partial charge in [0, 0.05) is 18.5 Å². The summed E-state index contributed by atoms with van der Waals surface area (Å²) in [6.45, 7) is 7.04. The zero-order valence-electron chi connectivity index (χ0n) is 11.6. The van der Waals surface area contributed by atoms with E-state index < -0.39 is 0 Å². The molecule has 1 aliphatic heterocycles. The summed E-state index contributed by atoms with van der Waals surface area (Å²) in [5.74, 6) is 1.50. The van der Waals surface area contributed by atoms with Crippen molar-refractivity contribution in [2.24, 2.45) is 0 Å². The second-order valence-electron chi connectivity index (χ2n) is 5.28. The van der Waals surface area contributed by atoms with Gasteiger partial charge in [-0.2, -0.15) is 0 Å². The molecule has 2 N–H and O–H groups in total. The molecule has 0 bridgehead atoms. The van der Waals surface area contributed by atoms with Gasteiger partial charge in [0.25, 0.3) is 5.56 Å². The molecule has 1 aliphatic rings. The third-order valence-electron chi connectivity index (χ3n) is 3.30. The van der Waals surface area contributed by atoms with Gasteiger partial charge >= 0.3 is 0 Å². The number of anilines is 1. The number of ether oxygens (including phenoxy) is 1. The Balaban J connectivity index is 2.31. The average molecular weight is 267 g/mol. The zero-order chi connectivity index (χ0) is 14.0. The summed E-state index contributed by atoms with van der Waals surface area (Å²) >= 11 is 0. The molecule has 0 amide bonds. The molecule has 1 saturated heterocycles. The van der Waals surface area contributed by atoms with Gasteiger partial charge in [0.2, 0.25) is 0 Å². The van der Waals surface area contributed by atoms with Crippen LogP contribution >= 0.6 is 0 Å². The van der Waals surface area contributed by atoms with E-state index in [1.54, 1.807) is 0 Å². The lowest BCUT2D eigenvalue weighted by Gasteiger charge is -2.38. The maximum Gasteiger partial charge on any atom is 0.252 e. The molecule has 1 aromatic heterocycles. The number of hydrogen-bond acceptors (Lipinski definition) is 5. The Morgan fingerprint density at radius 1 is 1.63 bits per heavy atom. The van der Waals surface area contributed by atoms with Crippen LogP contribution in [0.3, 0.4) is 0 Å². The van der Waals surface area contributed by atoms with Crippen molar-refractivity contribution in [1.82, 2.24) is 9.97 Å². The molecule has 2 rings (SSSR count). The fourth-order valence-corrected chi connectivity index (χ4v) is 2.13. The maximum absolute atomic E-state index is 11.7. The lowest BCUT2D eigenvalue weighted by molar-refractivity contribution is -0.0106. The zero-order valence-corrected chi connectivity index (χ0v) is 11.6. The molecular weight excluding hydrogens is 246 g/mol. The fraction of sp³-hybridized carbons (Fsp3) is 0.692. The summed E-state index contributed by atoms with van der Waals surface area (Å²) in [5, 5.41) is 9.20. The van der Waals surface area contributed by atoms with Crippen molar-refractivity contribution in [3.8, 4) is 0 Å². The molecule has 2 unspecified atom stereocenters. The molecule has 19 heavy (non-hydrogen) atoms. The van der Waals surface area contributed by atoms with Crippen LogP contribution < -0.4 is 10.5 Å². The van der Waals surface area contributed by atoms with Gasteiger partial charge in [-0.25, -0.2) is 4.98 Å². The fourth-order valence-electron chi connectivity index (χ4n) is 2.13. The molecule has 6 nitrogen and oxygen atoms in total. The Bertz CT molecular complexity index is 486. The maximum atomic E-state index is 11.7. The van der Waals surface area contributed by atoms with E-state index >= 15 is 0 Å². The van der Waals surface area contributed by atoms with Gasteiger partial charge in [-0.15, -0.1) is 0 Å². The first-order chi connectivity index (χ1) is 9.01. The number of H-pyrrole nitrogens is 1.